The van der Waals surface area contributed by atoms with Crippen molar-refractivity contribution in [3.05, 3.63) is 89.2 Å². The number of pyridine rings is 1. The van der Waals surface area contributed by atoms with Crippen molar-refractivity contribution in [2.24, 2.45) is 0 Å². The van der Waals surface area contributed by atoms with Gasteiger partial charge in [0.15, 0.2) is 0 Å². The van der Waals surface area contributed by atoms with Crippen LogP contribution in [0.15, 0.2) is 66.7 Å². The number of carboxylic acids is 1. The molecule has 0 aliphatic heterocycles. The number of nitrogens with zero attached hydrogens (tertiary/aromatic N) is 1. The van der Waals surface area contributed by atoms with Gasteiger partial charge in [0, 0.05) is 10.9 Å². The van der Waals surface area contributed by atoms with Crippen molar-refractivity contribution in [2.45, 2.75) is 12.8 Å². The van der Waals surface area contributed by atoms with Crippen molar-refractivity contribution >= 4 is 16.9 Å². The second-order valence-electron chi connectivity index (χ2n) is 7.02. The van der Waals surface area contributed by atoms with Gasteiger partial charge in [-0.3, -0.25) is 0 Å². The Morgan fingerprint density at radius 3 is 2.54 bits per heavy atom. The fourth-order valence-corrected chi connectivity index (χ4v) is 4.07. The van der Waals surface area contributed by atoms with E-state index in [0.29, 0.717) is 28.6 Å². The maximum absolute atomic E-state index is 13.8. The lowest BCUT2D eigenvalue weighted by Gasteiger charge is -2.22. The molecule has 0 bridgehead atoms. The van der Waals surface area contributed by atoms with Crippen molar-refractivity contribution in [3.63, 3.8) is 0 Å². The first kappa shape index (κ1) is 16.6. The smallest absolute Gasteiger partial charge is 0.336 e. The normalized spacial score (nSPS) is 12.5. The maximum Gasteiger partial charge on any atom is 0.336 e. The lowest BCUT2D eigenvalue weighted by atomic mass is 9.84. The Bertz CT molecular complexity index is 1250. The summed E-state index contributed by atoms with van der Waals surface area (Å²) in [6, 6.07) is 20.4. The molecule has 5 rings (SSSR count). The molecule has 0 saturated heterocycles. The van der Waals surface area contributed by atoms with Crippen molar-refractivity contribution in [3.8, 4) is 22.4 Å². The number of fused-ring (bicyclic) bond motifs is 4. The number of hydrogen-bond donors (Lipinski definition) is 1. The van der Waals surface area contributed by atoms with Crippen LogP contribution in [0, 0.1) is 5.82 Å². The first-order valence-electron chi connectivity index (χ1n) is 9.16. The van der Waals surface area contributed by atoms with E-state index in [0.717, 1.165) is 28.7 Å². The summed E-state index contributed by atoms with van der Waals surface area (Å²) in [6.07, 6.45) is 1.31. The van der Waals surface area contributed by atoms with Gasteiger partial charge in [0.1, 0.15) is 5.82 Å². The SMILES string of the molecule is O=C(O)c1c2c(nc3ccc(F)cc13)-c1cc(-c3ccccc3)ccc1CC2. The fourth-order valence-electron chi connectivity index (χ4n) is 4.07. The Labute approximate surface area is 161 Å². The molecule has 0 radical (unpaired) electrons. The highest BCUT2D eigenvalue weighted by Crippen LogP contribution is 2.39. The van der Waals surface area contributed by atoms with E-state index in [1.54, 1.807) is 6.07 Å². The third kappa shape index (κ3) is 2.57. The van der Waals surface area contributed by atoms with Crippen LogP contribution < -0.4 is 0 Å². The fraction of sp³-hybridized carbons (Fsp3) is 0.0833. The van der Waals surface area contributed by atoms with Gasteiger partial charge in [-0.2, -0.15) is 0 Å². The van der Waals surface area contributed by atoms with Gasteiger partial charge in [-0.1, -0.05) is 42.5 Å². The number of aromatic carboxylic acids is 1. The number of aromatic nitrogens is 1. The van der Waals surface area contributed by atoms with Gasteiger partial charge in [-0.15, -0.1) is 0 Å². The van der Waals surface area contributed by atoms with Gasteiger partial charge >= 0.3 is 5.97 Å². The first-order chi connectivity index (χ1) is 13.6. The molecule has 1 heterocycles. The van der Waals surface area contributed by atoms with Gasteiger partial charge in [0.05, 0.1) is 16.8 Å². The van der Waals surface area contributed by atoms with Crippen LogP contribution in [0.4, 0.5) is 4.39 Å². The molecule has 3 aromatic carbocycles. The van der Waals surface area contributed by atoms with Crippen LogP contribution in [0.5, 0.6) is 0 Å². The van der Waals surface area contributed by atoms with Crippen LogP contribution in [0.25, 0.3) is 33.3 Å². The molecule has 0 amide bonds. The van der Waals surface area contributed by atoms with E-state index in [2.05, 4.69) is 18.2 Å². The van der Waals surface area contributed by atoms with Crippen molar-refractivity contribution in [1.29, 1.82) is 0 Å². The molecule has 136 valence electrons. The maximum atomic E-state index is 13.8. The van der Waals surface area contributed by atoms with Crippen LogP contribution in [-0.4, -0.2) is 16.1 Å². The molecule has 0 spiro atoms. The second kappa shape index (κ2) is 6.27. The second-order valence-corrected chi connectivity index (χ2v) is 7.02. The number of rotatable bonds is 2. The van der Waals surface area contributed by atoms with E-state index in [1.807, 2.05) is 30.3 Å². The molecule has 0 fully saturated rings. The zero-order valence-electron chi connectivity index (χ0n) is 14.9. The van der Waals surface area contributed by atoms with Gasteiger partial charge in [-0.05, 0) is 59.4 Å². The van der Waals surface area contributed by atoms with E-state index >= 15 is 0 Å². The minimum Gasteiger partial charge on any atom is -0.478 e. The van der Waals surface area contributed by atoms with Gasteiger partial charge < -0.3 is 5.11 Å². The molecule has 1 aromatic heterocycles. The predicted molar refractivity (Wildman–Crippen MR) is 107 cm³/mol. The molecule has 3 nitrogen and oxygen atoms in total. The number of carbonyl (C=O) groups is 1. The molecule has 0 unspecified atom stereocenters. The summed E-state index contributed by atoms with van der Waals surface area (Å²) in [5.41, 5.74) is 6.29. The highest BCUT2D eigenvalue weighted by atomic mass is 19.1. The van der Waals surface area contributed by atoms with Gasteiger partial charge in [-0.25, -0.2) is 14.2 Å². The standard InChI is InChI=1S/C24H16FNO2/c25-17-9-11-21-20(13-17)22(24(27)28)18-10-8-15-6-7-16(12-19(15)23(18)26-21)14-4-2-1-3-5-14/h1-7,9,11-13H,8,10H2,(H,27,28). The molecule has 0 atom stereocenters. The average molecular weight is 369 g/mol. The van der Waals surface area contributed by atoms with Crippen LogP contribution in [0.3, 0.4) is 0 Å². The zero-order valence-corrected chi connectivity index (χ0v) is 14.9. The average Bonchev–Trinajstić information content (AvgIpc) is 2.72. The molecule has 1 N–H and O–H groups in total. The monoisotopic (exact) mass is 369 g/mol. The summed E-state index contributed by atoms with van der Waals surface area (Å²) >= 11 is 0. The molecule has 1 aliphatic carbocycles. The number of benzene rings is 3. The van der Waals surface area contributed by atoms with E-state index < -0.39 is 11.8 Å². The Morgan fingerprint density at radius 2 is 1.75 bits per heavy atom. The predicted octanol–water partition coefficient (Wildman–Crippen LogP) is 5.50. The van der Waals surface area contributed by atoms with Crippen molar-refractivity contribution in [1.82, 2.24) is 4.98 Å². The lowest BCUT2D eigenvalue weighted by Crippen LogP contribution is -2.13. The first-order valence-corrected chi connectivity index (χ1v) is 9.16. The van der Waals surface area contributed by atoms with Crippen LogP contribution in [0.1, 0.15) is 21.5 Å². The highest BCUT2D eigenvalue weighted by Gasteiger charge is 2.26. The van der Waals surface area contributed by atoms with Crippen molar-refractivity contribution < 1.29 is 14.3 Å². The minimum atomic E-state index is -1.04. The zero-order chi connectivity index (χ0) is 19.3. The van der Waals surface area contributed by atoms with E-state index in [4.69, 9.17) is 4.98 Å². The summed E-state index contributed by atoms with van der Waals surface area (Å²) in [5, 5.41) is 10.2. The van der Waals surface area contributed by atoms with Crippen LogP contribution in [0.2, 0.25) is 0 Å². The Balaban J connectivity index is 1.80. The summed E-state index contributed by atoms with van der Waals surface area (Å²) in [4.78, 5) is 16.8. The Hall–Kier alpha value is -3.53. The van der Waals surface area contributed by atoms with Gasteiger partial charge in [0.25, 0.3) is 0 Å². The topological polar surface area (TPSA) is 50.2 Å². The number of halogens is 1. The molecule has 1 aliphatic rings. The number of hydrogen-bond acceptors (Lipinski definition) is 2. The van der Waals surface area contributed by atoms with E-state index in [1.165, 1.54) is 12.1 Å². The molecular formula is C24H16FNO2. The Kier molecular flexibility index (Phi) is 3.72. The largest absolute Gasteiger partial charge is 0.478 e. The van der Waals surface area contributed by atoms with Crippen LogP contribution in [-0.2, 0) is 12.8 Å². The summed E-state index contributed by atoms with van der Waals surface area (Å²) < 4.78 is 13.8. The van der Waals surface area contributed by atoms with Gasteiger partial charge in [0.2, 0.25) is 0 Å². The number of aryl methyl sites for hydroxylation is 1. The lowest BCUT2D eigenvalue weighted by molar-refractivity contribution is 0.0698. The third-order valence-electron chi connectivity index (χ3n) is 5.38. The van der Waals surface area contributed by atoms with Crippen LogP contribution >= 0.6 is 0 Å². The highest BCUT2D eigenvalue weighted by molar-refractivity contribution is 6.06. The summed E-state index contributed by atoms with van der Waals surface area (Å²) in [7, 11) is 0. The quantitative estimate of drug-likeness (QED) is 0.507. The summed E-state index contributed by atoms with van der Waals surface area (Å²) in [5.74, 6) is -1.50. The molecule has 28 heavy (non-hydrogen) atoms. The molecule has 4 aromatic rings. The molecule has 4 heteroatoms. The molecular weight excluding hydrogens is 353 g/mol. The third-order valence-corrected chi connectivity index (χ3v) is 5.38. The van der Waals surface area contributed by atoms with E-state index in [-0.39, 0.29) is 5.56 Å². The van der Waals surface area contributed by atoms with Crippen molar-refractivity contribution in [2.75, 3.05) is 0 Å². The Morgan fingerprint density at radius 1 is 0.929 bits per heavy atom. The number of carboxylic acid groups (broad SMARTS) is 1. The minimum absolute atomic E-state index is 0.162. The van der Waals surface area contributed by atoms with E-state index in [9.17, 15) is 14.3 Å². The summed E-state index contributed by atoms with van der Waals surface area (Å²) in [6.45, 7) is 0. The molecule has 0 saturated carbocycles.